The highest BCUT2D eigenvalue weighted by atomic mass is 35.5. The number of rotatable bonds is 9. The molecule has 8 nitrogen and oxygen atoms in total. The van der Waals surface area contributed by atoms with E-state index in [2.05, 4.69) is 5.32 Å². The van der Waals surface area contributed by atoms with Gasteiger partial charge in [0.25, 0.3) is 0 Å². The molecule has 0 bridgehead atoms. The number of esters is 1. The topological polar surface area (TPSA) is 90.2 Å². The summed E-state index contributed by atoms with van der Waals surface area (Å²) in [5, 5.41) is 3.36. The van der Waals surface area contributed by atoms with Crippen molar-refractivity contribution in [1.29, 1.82) is 0 Å². The van der Waals surface area contributed by atoms with E-state index in [1.807, 2.05) is 19.0 Å². The van der Waals surface area contributed by atoms with Crippen LogP contribution in [-0.4, -0.2) is 57.4 Å². The molecule has 1 amide bonds. The monoisotopic (exact) mass is 414 g/mol. The maximum absolute atomic E-state index is 11.5. The first kappa shape index (κ1) is 23.7. The zero-order valence-corrected chi connectivity index (χ0v) is 17.3. The second-order valence-electron chi connectivity index (χ2n) is 6.24. The summed E-state index contributed by atoms with van der Waals surface area (Å²) >= 11 is 0. The summed E-state index contributed by atoms with van der Waals surface area (Å²) in [6.45, 7) is 5.08. The molecule has 28 heavy (non-hydrogen) atoms. The number of carbonyl (C=O) groups excluding carboxylic acids is 2. The van der Waals surface area contributed by atoms with Crippen molar-refractivity contribution in [3.63, 3.8) is 0 Å². The molecule has 0 aliphatic rings. The molecule has 2 aromatic rings. The lowest BCUT2D eigenvalue weighted by molar-refractivity contribution is -0.151. The van der Waals surface area contributed by atoms with Crippen LogP contribution in [-0.2, 0) is 14.3 Å². The van der Waals surface area contributed by atoms with Crippen molar-refractivity contribution >= 4 is 35.4 Å². The zero-order valence-electron chi connectivity index (χ0n) is 16.5. The Morgan fingerprint density at radius 2 is 2.00 bits per heavy atom. The SMILES string of the molecule is CCNC(=O)Oc1ccc2cc(C(COCCN(C)C)OC(C)=O)oc2c1.Cl. The highest BCUT2D eigenvalue weighted by Gasteiger charge is 2.20. The first-order valence-corrected chi connectivity index (χ1v) is 8.78. The summed E-state index contributed by atoms with van der Waals surface area (Å²) in [6, 6.07) is 6.85. The lowest BCUT2D eigenvalue weighted by Crippen LogP contribution is -2.26. The van der Waals surface area contributed by atoms with Gasteiger partial charge in [0.05, 0.1) is 13.2 Å². The van der Waals surface area contributed by atoms with Crippen LogP contribution in [0.2, 0.25) is 0 Å². The molecule has 156 valence electrons. The number of nitrogens with one attached hydrogen (secondary N) is 1. The number of furan rings is 1. The molecule has 0 saturated carbocycles. The van der Waals surface area contributed by atoms with Crippen molar-refractivity contribution in [2.24, 2.45) is 0 Å². The van der Waals surface area contributed by atoms with E-state index >= 15 is 0 Å². The van der Waals surface area contributed by atoms with Crippen molar-refractivity contribution in [2.45, 2.75) is 20.0 Å². The van der Waals surface area contributed by atoms with Crippen molar-refractivity contribution in [3.05, 3.63) is 30.0 Å². The number of halogens is 1. The molecule has 0 spiro atoms. The van der Waals surface area contributed by atoms with Crippen LogP contribution >= 0.6 is 12.4 Å². The smallest absolute Gasteiger partial charge is 0.412 e. The van der Waals surface area contributed by atoms with Gasteiger partial charge in [0.1, 0.15) is 17.1 Å². The van der Waals surface area contributed by atoms with Crippen LogP contribution in [0.4, 0.5) is 4.79 Å². The fourth-order valence-electron chi connectivity index (χ4n) is 2.35. The number of carbonyl (C=O) groups is 2. The minimum atomic E-state index is -0.648. The lowest BCUT2D eigenvalue weighted by atomic mass is 10.2. The van der Waals surface area contributed by atoms with Crippen molar-refractivity contribution in [3.8, 4) is 5.75 Å². The minimum absolute atomic E-state index is 0. The molecule has 0 saturated heterocycles. The van der Waals surface area contributed by atoms with Gasteiger partial charge < -0.3 is 28.8 Å². The summed E-state index contributed by atoms with van der Waals surface area (Å²) in [5.74, 6) is 0.415. The number of likely N-dealkylation sites (N-methyl/N-ethyl adjacent to an activating group) is 1. The Bertz CT molecular complexity index is 777. The Hall–Kier alpha value is -2.29. The van der Waals surface area contributed by atoms with Gasteiger partial charge in [0, 0.05) is 31.5 Å². The second kappa shape index (κ2) is 11.5. The second-order valence-corrected chi connectivity index (χ2v) is 6.24. The Morgan fingerprint density at radius 3 is 2.64 bits per heavy atom. The molecule has 1 N–H and O–H groups in total. The Balaban J connectivity index is 0.00000392. The van der Waals surface area contributed by atoms with Crippen molar-refractivity contribution in [2.75, 3.05) is 40.4 Å². The molecule has 1 aromatic heterocycles. The van der Waals surface area contributed by atoms with E-state index in [1.165, 1.54) is 6.92 Å². The van der Waals surface area contributed by atoms with Gasteiger partial charge in [0.2, 0.25) is 0 Å². The summed E-state index contributed by atoms with van der Waals surface area (Å²) in [7, 11) is 3.90. The van der Waals surface area contributed by atoms with Gasteiger partial charge in [-0.25, -0.2) is 4.79 Å². The summed E-state index contributed by atoms with van der Waals surface area (Å²) in [4.78, 5) is 25.0. The number of hydrogen-bond donors (Lipinski definition) is 1. The highest BCUT2D eigenvalue weighted by Crippen LogP contribution is 2.29. The fraction of sp³-hybridized carbons (Fsp3) is 0.474. The Kier molecular flexibility index (Phi) is 9.78. The maximum Gasteiger partial charge on any atom is 0.412 e. The van der Waals surface area contributed by atoms with Crippen LogP contribution in [0.1, 0.15) is 25.7 Å². The minimum Gasteiger partial charge on any atom is -0.457 e. The molecule has 1 aromatic carbocycles. The zero-order chi connectivity index (χ0) is 19.8. The van der Waals surface area contributed by atoms with Crippen LogP contribution in [0.5, 0.6) is 5.75 Å². The number of ether oxygens (including phenoxy) is 3. The predicted octanol–water partition coefficient (Wildman–Crippen LogP) is 3.15. The molecule has 0 aliphatic heterocycles. The van der Waals surface area contributed by atoms with Gasteiger partial charge in [-0.1, -0.05) is 0 Å². The third-order valence-electron chi connectivity index (χ3n) is 3.62. The standard InChI is InChI=1S/C19H26N2O6.ClH/c1-5-20-19(23)26-15-7-6-14-10-17(27-16(14)11-15)18(25-13(2)22)12-24-9-8-21(3)4;/h6-7,10-11,18H,5,8-9,12H2,1-4H3,(H,20,23);1H. The first-order valence-electron chi connectivity index (χ1n) is 8.78. The van der Waals surface area contributed by atoms with E-state index < -0.39 is 18.2 Å². The Labute approximate surface area is 170 Å². The van der Waals surface area contributed by atoms with E-state index in [4.69, 9.17) is 18.6 Å². The van der Waals surface area contributed by atoms with Gasteiger partial charge in [-0.15, -0.1) is 12.4 Å². The van der Waals surface area contributed by atoms with Gasteiger partial charge >= 0.3 is 12.1 Å². The van der Waals surface area contributed by atoms with Crippen molar-refractivity contribution in [1.82, 2.24) is 10.2 Å². The average Bonchev–Trinajstić information content (AvgIpc) is 3.00. The molecule has 0 radical (unpaired) electrons. The van der Waals surface area contributed by atoms with Gasteiger partial charge in [-0.3, -0.25) is 4.79 Å². The van der Waals surface area contributed by atoms with Crippen LogP contribution in [0.3, 0.4) is 0 Å². The molecule has 1 heterocycles. The van der Waals surface area contributed by atoms with E-state index in [0.29, 0.717) is 30.2 Å². The molecule has 0 fully saturated rings. The molecule has 0 aliphatic carbocycles. The highest BCUT2D eigenvalue weighted by molar-refractivity contribution is 5.85. The third kappa shape index (κ3) is 7.38. The van der Waals surface area contributed by atoms with Crippen LogP contribution in [0.25, 0.3) is 11.0 Å². The van der Waals surface area contributed by atoms with E-state index in [0.717, 1.165) is 11.9 Å². The van der Waals surface area contributed by atoms with E-state index in [-0.39, 0.29) is 19.0 Å². The van der Waals surface area contributed by atoms with Crippen LogP contribution in [0.15, 0.2) is 28.7 Å². The predicted molar refractivity (Wildman–Crippen MR) is 107 cm³/mol. The fourth-order valence-corrected chi connectivity index (χ4v) is 2.35. The number of amides is 1. The number of nitrogens with zero attached hydrogens (tertiary/aromatic N) is 1. The summed E-state index contributed by atoms with van der Waals surface area (Å²) in [6.07, 6.45) is -1.18. The van der Waals surface area contributed by atoms with Crippen molar-refractivity contribution < 1.29 is 28.2 Å². The quantitative estimate of drug-likeness (QED) is 0.498. The van der Waals surface area contributed by atoms with E-state index in [1.54, 1.807) is 31.2 Å². The van der Waals surface area contributed by atoms with Gasteiger partial charge in [-0.05, 0) is 39.2 Å². The molecule has 9 heteroatoms. The number of hydrogen-bond acceptors (Lipinski definition) is 7. The molecular weight excluding hydrogens is 388 g/mol. The van der Waals surface area contributed by atoms with Crippen LogP contribution in [0, 0.1) is 0 Å². The molecular formula is C19H27ClN2O6. The van der Waals surface area contributed by atoms with Gasteiger partial charge in [-0.2, -0.15) is 0 Å². The largest absolute Gasteiger partial charge is 0.457 e. The average molecular weight is 415 g/mol. The molecule has 1 unspecified atom stereocenters. The van der Waals surface area contributed by atoms with Crippen LogP contribution < -0.4 is 10.1 Å². The first-order chi connectivity index (χ1) is 12.9. The molecule has 1 atom stereocenters. The Morgan fingerprint density at radius 1 is 1.25 bits per heavy atom. The normalized spacial score (nSPS) is 11.8. The maximum atomic E-state index is 11.5. The summed E-state index contributed by atoms with van der Waals surface area (Å²) < 4.78 is 21.9. The van der Waals surface area contributed by atoms with E-state index in [9.17, 15) is 9.59 Å². The van der Waals surface area contributed by atoms with Gasteiger partial charge in [0.15, 0.2) is 6.10 Å². The summed E-state index contributed by atoms with van der Waals surface area (Å²) in [5.41, 5.74) is 0.525. The number of fused-ring (bicyclic) bond motifs is 1. The number of benzene rings is 1. The molecule has 2 rings (SSSR count). The lowest BCUT2D eigenvalue weighted by Gasteiger charge is -2.16. The third-order valence-corrected chi connectivity index (χ3v) is 3.62.